The van der Waals surface area contributed by atoms with Gasteiger partial charge in [-0.15, -0.1) is 0 Å². The summed E-state index contributed by atoms with van der Waals surface area (Å²) in [6, 6.07) is 12.5. The molecule has 4 rings (SSSR count). The van der Waals surface area contributed by atoms with E-state index in [4.69, 9.17) is 4.52 Å². The molecule has 0 fully saturated rings. The second kappa shape index (κ2) is 4.84. The lowest BCUT2D eigenvalue weighted by Crippen LogP contribution is -1.91. The summed E-state index contributed by atoms with van der Waals surface area (Å²) < 4.78 is 7.39. The quantitative estimate of drug-likeness (QED) is 0.553. The molecule has 1 aromatic carbocycles. The van der Waals surface area contributed by atoms with E-state index in [0.29, 0.717) is 0 Å². The molecule has 0 radical (unpaired) electrons. The molecule has 4 aromatic rings. The Labute approximate surface area is 128 Å². The molecule has 4 heteroatoms. The highest BCUT2D eigenvalue weighted by molar-refractivity contribution is 5.85. The zero-order chi connectivity index (χ0) is 15.1. The zero-order valence-electron chi connectivity index (χ0n) is 12.4. The summed E-state index contributed by atoms with van der Waals surface area (Å²) in [4.78, 5) is 4.28. The molecule has 0 unspecified atom stereocenters. The molecule has 3 aromatic heterocycles. The number of imidazole rings is 1. The lowest BCUT2D eigenvalue weighted by Gasteiger charge is -2.09. The first-order chi connectivity index (χ1) is 10.7. The number of pyridine rings is 1. The monoisotopic (exact) mass is 289 g/mol. The Morgan fingerprint density at radius 2 is 1.86 bits per heavy atom. The number of fused-ring (bicyclic) bond motifs is 1. The second-order valence-electron chi connectivity index (χ2n) is 5.39. The fourth-order valence-electron chi connectivity index (χ4n) is 2.89. The third kappa shape index (κ3) is 1.92. The van der Waals surface area contributed by atoms with Crippen LogP contribution in [0.15, 0.2) is 59.6 Å². The minimum atomic E-state index is 0.825. The van der Waals surface area contributed by atoms with Gasteiger partial charge in [-0.25, -0.2) is 4.98 Å². The molecule has 0 atom stereocenters. The average Bonchev–Trinajstić information content (AvgIpc) is 3.14. The topological polar surface area (TPSA) is 43.3 Å². The molecule has 0 aliphatic rings. The van der Waals surface area contributed by atoms with Crippen LogP contribution in [-0.2, 0) is 0 Å². The van der Waals surface area contributed by atoms with Crippen molar-refractivity contribution in [1.82, 2.24) is 14.5 Å². The fourth-order valence-corrected chi connectivity index (χ4v) is 2.89. The van der Waals surface area contributed by atoms with Gasteiger partial charge in [0.15, 0.2) is 0 Å². The Hall–Kier alpha value is -2.88. The van der Waals surface area contributed by atoms with Crippen LogP contribution in [0.1, 0.15) is 11.5 Å². The van der Waals surface area contributed by atoms with Crippen molar-refractivity contribution >= 4 is 5.52 Å². The summed E-state index contributed by atoms with van der Waals surface area (Å²) >= 11 is 0. The number of hydrogen-bond acceptors (Lipinski definition) is 3. The van der Waals surface area contributed by atoms with E-state index in [1.807, 2.05) is 49.0 Å². The van der Waals surface area contributed by atoms with Gasteiger partial charge in [0.1, 0.15) is 5.76 Å². The van der Waals surface area contributed by atoms with E-state index >= 15 is 0 Å². The van der Waals surface area contributed by atoms with Crippen LogP contribution >= 0.6 is 0 Å². The van der Waals surface area contributed by atoms with E-state index in [0.717, 1.165) is 33.7 Å². The molecule has 108 valence electrons. The predicted molar refractivity (Wildman–Crippen MR) is 85.6 cm³/mol. The summed E-state index contributed by atoms with van der Waals surface area (Å²) in [6.45, 7) is 3.91. The molecule has 0 aliphatic heterocycles. The standard InChI is InChI=1S/C18H15N3O/c1-12-18(13(2)22-20-12)16-8-15(14-6-4-3-5-7-14)10-21-11-19-9-17(16)21/h3-11H,1-2H3. The van der Waals surface area contributed by atoms with E-state index < -0.39 is 0 Å². The van der Waals surface area contributed by atoms with Crippen molar-refractivity contribution in [2.45, 2.75) is 13.8 Å². The van der Waals surface area contributed by atoms with Crippen LogP contribution in [0.4, 0.5) is 0 Å². The van der Waals surface area contributed by atoms with Crippen LogP contribution in [0.3, 0.4) is 0 Å². The van der Waals surface area contributed by atoms with Crippen molar-refractivity contribution in [2.24, 2.45) is 0 Å². The van der Waals surface area contributed by atoms with E-state index in [1.165, 1.54) is 5.56 Å². The van der Waals surface area contributed by atoms with Crippen molar-refractivity contribution in [2.75, 3.05) is 0 Å². The number of aromatic nitrogens is 3. The van der Waals surface area contributed by atoms with E-state index in [-0.39, 0.29) is 0 Å². The number of benzene rings is 1. The van der Waals surface area contributed by atoms with Crippen LogP contribution < -0.4 is 0 Å². The molecule has 0 saturated heterocycles. The number of nitrogens with zero attached hydrogens (tertiary/aromatic N) is 3. The first-order valence-corrected chi connectivity index (χ1v) is 7.18. The third-order valence-corrected chi connectivity index (χ3v) is 3.93. The maximum atomic E-state index is 5.34. The number of aryl methyl sites for hydroxylation is 2. The lowest BCUT2D eigenvalue weighted by molar-refractivity contribution is 0.393. The van der Waals surface area contributed by atoms with Gasteiger partial charge < -0.3 is 8.92 Å². The molecule has 0 spiro atoms. The van der Waals surface area contributed by atoms with Gasteiger partial charge in [0.05, 0.1) is 23.7 Å². The molecule has 0 saturated carbocycles. The van der Waals surface area contributed by atoms with Crippen molar-refractivity contribution in [1.29, 1.82) is 0 Å². The Bertz CT molecular complexity index is 932. The maximum Gasteiger partial charge on any atom is 0.141 e. The molecular weight excluding hydrogens is 274 g/mol. The van der Waals surface area contributed by atoms with Crippen LogP contribution in [-0.4, -0.2) is 14.5 Å². The van der Waals surface area contributed by atoms with Gasteiger partial charge in [-0.3, -0.25) is 0 Å². The Morgan fingerprint density at radius 1 is 1.05 bits per heavy atom. The number of rotatable bonds is 2. The van der Waals surface area contributed by atoms with Gasteiger partial charge in [0.25, 0.3) is 0 Å². The van der Waals surface area contributed by atoms with Crippen LogP contribution in [0.5, 0.6) is 0 Å². The molecule has 0 amide bonds. The van der Waals surface area contributed by atoms with E-state index in [1.54, 1.807) is 0 Å². The molecule has 0 aliphatic carbocycles. The summed E-state index contributed by atoms with van der Waals surface area (Å²) in [5, 5.41) is 4.08. The average molecular weight is 289 g/mol. The van der Waals surface area contributed by atoms with Gasteiger partial charge >= 0.3 is 0 Å². The van der Waals surface area contributed by atoms with Gasteiger partial charge in [-0.2, -0.15) is 0 Å². The van der Waals surface area contributed by atoms with Gasteiger partial charge in [0, 0.05) is 17.3 Å². The van der Waals surface area contributed by atoms with Crippen LogP contribution in [0.25, 0.3) is 27.8 Å². The largest absolute Gasteiger partial charge is 0.361 e. The molecule has 4 nitrogen and oxygen atoms in total. The molecular formula is C18H15N3O. The normalized spacial score (nSPS) is 11.2. The van der Waals surface area contributed by atoms with Gasteiger partial charge in [-0.1, -0.05) is 35.5 Å². The van der Waals surface area contributed by atoms with Crippen molar-refractivity contribution < 1.29 is 4.52 Å². The highest BCUT2D eigenvalue weighted by Gasteiger charge is 2.16. The first-order valence-electron chi connectivity index (χ1n) is 7.18. The SMILES string of the molecule is Cc1noc(C)c1-c1cc(-c2ccccc2)cn2cncc12. The highest BCUT2D eigenvalue weighted by atomic mass is 16.5. The van der Waals surface area contributed by atoms with Gasteiger partial charge in [0.2, 0.25) is 0 Å². The third-order valence-electron chi connectivity index (χ3n) is 3.93. The smallest absolute Gasteiger partial charge is 0.141 e. The zero-order valence-corrected chi connectivity index (χ0v) is 12.4. The Balaban J connectivity index is 2.04. The minimum Gasteiger partial charge on any atom is -0.361 e. The van der Waals surface area contributed by atoms with Crippen LogP contribution in [0.2, 0.25) is 0 Å². The van der Waals surface area contributed by atoms with Crippen molar-refractivity contribution in [3.63, 3.8) is 0 Å². The van der Waals surface area contributed by atoms with Gasteiger partial charge in [-0.05, 0) is 31.0 Å². The molecule has 22 heavy (non-hydrogen) atoms. The van der Waals surface area contributed by atoms with Crippen molar-refractivity contribution in [3.05, 3.63) is 66.6 Å². The summed E-state index contributed by atoms with van der Waals surface area (Å²) in [7, 11) is 0. The maximum absolute atomic E-state index is 5.34. The van der Waals surface area contributed by atoms with Crippen LogP contribution in [0, 0.1) is 13.8 Å². The molecule has 0 bridgehead atoms. The Kier molecular flexibility index (Phi) is 2.82. The fraction of sp³-hybridized carbons (Fsp3) is 0.111. The second-order valence-corrected chi connectivity index (χ2v) is 5.39. The Morgan fingerprint density at radius 3 is 2.59 bits per heavy atom. The first kappa shape index (κ1) is 12.8. The number of hydrogen-bond donors (Lipinski definition) is 0. The predicted octanol–water partition coefficient (Wildman–Crippen LogP) is 4.27. The summed E-state index contributed by atoms with van der Waals surface area (Å²) in [5.74, 6) is 0.825. The lowest BCUT2D eigenvalue weighted by atomic mass is 9.99. The summed E-state index contributed by atoms with van der Waals surface area (Å²) in [6.07, 6.45) is 5.79. The van der Waals surface area contributed by atoms with E-state index in [9.17, 15) is 0 Å². The molecule has 0 N–H and O–H groups in total. The highest BCUT2D eigenvalue weighted by Crippen LogP contribution is 2.33. The van der Waals surface area contributed by atoms with E-state index in [2.05, 4.69) is 34.5 Å². The minimum absolute atomic E-state index is 0.825. The molecule has 3 heterocycles. The summed E-state index contributed by atoms with van der Waals surface area (Å²) in [5.41, 5.74) is 6.39. The van der Waals surface area contributed by atoms with Crippen molar-refractivity contribution in [3.8, 4) is 22.3 Å².